The summed E-state index contributed by atoms with van der Waals surface area (Å²) in [7, 11) is 1.65. The average molecular weight is 276 g/mol. The molecule has 1 aromatic rings. The number of methoxy groups -OCH3 is 1. The quantitative estimate of drug-likeness (QED) is 0.917. The van der Waals surface area contributed by atoms with Gasteiger partial charge in [-0.05, 0) is 24.3 Å². The molecule has 1 atom stereocenters. The fraction of sp³-hybridized carbons (Fsp3) is 0.533. The standard InChI is InChI=1S/C15H20N2OS/c1-14(2)7-8-19-11-15(14,10-16)17-12-5-4-6-13(9-12)18-3/h4-6,9,17H,7-8,11H2,1-3H3. The molecule has 0 bridgehead atoms. The molecule has 1 unspecified atom stereocenters. The number of nitrogens with zero attached hydrogens (tertiary/aromatic N) is 1. The molecule has 4 heteroatoms. The fourth-order valence-electron chi connectivity index (χ4n) is 2.33. The maximum Gasteiger partial charge on any atom is 0.139 e. The van der Waals surface area contributed by atoms with Gasteiger partial charge in [0.2, 0.25) is 0 Å². The molecular formula is C15H20N2OS. The first-order valence-corrected chi connectivity index (χ1v) is 7.60. The van der Waals surface area contributed by atoms with Crippen molar-refractivity contribution in [2.75, 3.05) is 23.9 Å². The molecule has 1 saturated heterocycles. The number of nitrogens with one attached hydrogen (secondary N) is 1. The van der Waals surface area contributed by atoms with Crippen LogP contribution in [0.2, 0.25) is 0 Å². The van der Waals surface area contributed by atoms with Crippen LogP contribution in [0.5, 0.6) is 5.75 Å². The molecule has 0 spiro atoms. The summed E-state index contributed by atoms with van der Waals surface area (Å²) in [5.74, 6) is 2.74. The molecule has 1 fully saturated rings. The van der Waals surface area contributed by atoms with Crippen LogP contribution in [0.3, 0.4) is 0 Å². The number of benzene rings is 1. The zero-order valence-corrected chi connectivity index (χ0v) is 12.5. The summed E-state index contributed by atoms with van der Waals surface area (Å²) >= 11 is 1.84. The van der Waals surface area contributed by atoms with Crippen molar-refractivity contribution in [3.05, 3.63) is 24.3 Å². The minimum Gasteiger partial charge on any atom is -0.497 e. The molecule has 1 aliphatic heterocycles. The van der Waals surface area contributed by atoms with Crippen LogP contribution >= 0.6 is 11.8 Å². The van der Waals surface area contributed by atoms with Crippen LogP contribution in [0.4, 0.5) is 5.69 Å². The first-order chi connectivity index (χ1) is 9.03. The Bertz CT molecular complexity index is 495. The molecule has 1 aromatic carbocycles. The number of thioether (sulfide) groups is 1. The predicted octanol–water partition coefficient (Wildman–Crippen LogP) is 3.53. The monoisotopic (exact) mass is 276 g/mol. The largest absolute Gasteiger partial charge is 0.497 e. The third-order valence-corrected chi connectivity index (χ3v) is 5.09. The van der Waals surface area contributed by atoms with Gasteiger partial charge in [-0.1, -0.05) is 19.9 Å². The van der Waals surface area contributed by atoms with Gasteiger partial charge >= 0.3 is 0 Å². The number of hydrogen-bond donors (Lipinski definition) is 1. The molecule has 102 valence electrons. The summed E-state index contributed by atoms with van der Waals surface area (Å²) in [5.41, 5.74) is 0.370. The van der Waals surface area contributed by atoms with E-state index in [4.69, 9.17) is 4.74 Å². The van der Waals surface area contributed by atoms with E-state index in [1.807, 2.05) is 36.0 Å². The van der Waals surface area contributed by atoms with Crippen LogP contribution in [0.25, 0.3) is 0 Å². The highest BCUT2D eigenvalue weighted by Gasteiger charge is 2.47. The van der Waals surface area contributed by atoms with E-state index in [2.05, 4.69) is 25.2 Å². The van der Waals surface area contributed by atoms with Gasteiger partial charge in [0.1, 0.15) is 11.3 Å². The van der Waals surface area contributed by atoms with Crippen LogP contribution < -0.4 is 10.1 Å². The lowest BCUT2D eigenvalue weighted by Gasteiger charge is -2.46. The van der Waals surface area contributed by atoms with E-state index in [1.165, 1.54) is 0 Å². The van der Waals surface area contributed by atoms with E-state index in [1.54, 1.807) is 7.11 Å². The summed E-state index contributed by atoms with van der Waals surface area (Å²) in [4.78, 5) is 0. The summed E-state index contributed by atoms with van der Waals surface area (Å²) in [6, 6.07) is 10.3. The number of anilines is 1. The molecule has 3 nitrogen and oxygen atoms in total. The molecule has 0 aliphatic carbocycles. The molecule has 1 aliphatic rings. The molecular weight excluding hydrogens is 256 g/mol. The highest BCUT2D eigenvalue weighted by Crippen LogP contribution is 2.44. The van der Waals surface area contributed by atoms with Crippen molar-refractivity contribution in [2.24, 2.45) is 5.41 Å². The predicted molar refractivity (Wildman–Crippen MR) is 80.7 cm³/mol. The van der Waals surface area contributed by atoms with Gasteiger partial charge in [0.25, 0.3) is 0 Å². The first kappa shape index (κ1) is 14.1. The van der Waals surface area contributed by atoms with Gasteiger partial charge in [-0.15, -0.1) is 0 Å². The highest BCUT2D eigenvalue weighted by molar-refractivity contribution is 7.99. The van der Waals surface area contributed by atoms with Gasteiger partial charge < -0.3 is 10.1 Å². The molecule has 0 amide bonds. The summed E-state index contributed by atoms with van der Waals surface area (Å²) < 4.78 is 5.23. The van der Waals surface area contributed by atoms with Crippen molar-refractivity contribution in [2.45, 2.75) is 25.8 Å². The molecule has 0 radical (unpaired) electrons. The van der Waals surface area contributed by atoms with E-state index in [9.17, 15) is 5.26 Å². The lowest BCUT2D eigenvalue weighted by atomic mass is 9.71. The Labute approximate surface area is 119 Å². The number of hydrogen-bond acceptors (Lipinski definition) is 4. The van der Waals surface area contributed by atoms with E-state index >= 15 is 0 Å². The van der Waals surface area contributed by atoms with E-state index in [-0.39, 0.29) is 5.41 Å². The molecule has 0 aromatic heterocycles. The summed E-state index contributed by atoms with van der Waals surface area (Å²) in [6.07, 6.45) is 1.04. The molecule has 1 heterocycles. The second-order valence-corrected chi connectivity index (χ2v) is 6.67. The second-order valence-electron chi connectivity index (χ2n) is 5.56. The summed E-state index contributed by atoms with van der Waals surface area (Å²) in [5, 5.41) is 13.2. The number of nitriles is 1. The minimum absolute atomic E-state index is 0.0456. The van der Waals surface area contributed by atoms with E-state index in [0.29, 0.717) is 0 Å². The molecule has 2 rings (SSSR count). The lowest BCUT2D eigenvalue weighted by Crippen LogP contribution is -2.54. The Hall–Kier alpha value is -1.34. The number of ether oxygens (including phenoxy) is 1. The molecule has 1 N–H and O–H groups in total. The zero-order chi connectivity index (χ0) is 13.9. The maximum absolute atomic E-state index is 9.71. The Balaban J connectivity index is 2.30. The normalized spacial score (nSPS) is 25.4. The van der Waals surface area contributed by atoms with Crippen LogP contribution in [0.15, 0.2) is 24.3 Å². The summed E-state index contributed by atoms with van der Waals surface area (Å²) in [6.45, 7) is 4.34. The average Bonchev–Trinajstić information content (AvgIpc) is 2.41. The Morgan fingerprint density at radius 3 is 2.84 bits per heavy atom. The fourth-order valence-corrected chi connectivity index (χ4v) is 3.96. The van der Waals surface area contributed by atoms with Crippen molar-refractivity contribution < 1.29 is 4.74 Å². The van der Waals surface area contributed by atoms with Gasteiger partial charge in [0.15, 0.2) is 0 Å². The third kappa shape index (κ3) is 2.66. The molecule has 0 saturated carbocycles. The van der Waals surface area contributed by atoms with Crippen LogP contribution in [-0.2, 0) is 0 Å². The van der Waals surface area contributed by atoms with Crippen molar-refractivity contribution in [3.63, 3.8) is 0 Å². The molecule has 19 heavy (non-hydrogen) atoms. The minimum atomic E-state index is -0.526. The van der Waals surface area contributed by atoms with Crippen molar-refractivity contribution in [3.8, 4) is 11.8 Å². The Morgan fingerprint density at radius 2 is 2.21 bits per heavy atom. The smallest absolute Gasteiger partial charge is 0.139 e. The zero-order valence-electron chi connectivity index (χ0n) is 11.7. The first-order valence-electron chi connectivity index (χ1n) is 6.44. The lowest BCUT2D eigenvalue weighted by molar-refractivity contribution is 0.248. The van der Waals surface area contributed by atoms with Gasteiger partial charge in [-0.25, -0.2) is 0 Å². The Morgan fingerprint density at radius 1 is 1.42 bits per heavy atom. The van der Waals surface area contributed by atoms with Crippen LogP contribution in [0, 0.1) is 16.7 Å². The maximum atomic E-state index is 9.71. The third-order valence-electron chi connectivity index (χ3n) is 3.96. The van der Waals surface area contributed by atoms with Gasteiger partial charge in [0.05, 0.1) is 13.2 Å². The topological polar surface area (TPSA) is 45.0 Å². The van der Waals surface area contributed by atoms with E-state index in [0.717, 1.165) is 29.4 Å². The van der Waals surface area contributed by atoms with Gasteiger partial charge in [0, 0.05) is 22.9 Å². The van der Waals surface area contributed by atoms with Crippen molar-refractivity contribution in [1.29, 1.82) is 5.26 Å². The van der Waals surface area contributed by atoms with Gasteiger partial charge in [-0.2, -0.15) is 17.0 Å². The van der Waals surface area contributed by atoms with Crippen molar-refractivity contribution >= 4 is 17.4 Å². The number of rotatable bonds is 3. The Kier molecular flexibility index (Phi) is 3.96. The van der Waals surface area contributed by atoms with E-state index < -0.39 is 5.54 Å². The van der Waals surface area contributed by atoms with Crippen LogP contribution in [-0.4, -0.2) is 24.2 Å². The second kappa shape index (κ2) is 5.34. The van der Waals surface area contributed by atoms with Gasteiger partial charge in [-0.3, -0.25) is 0 Å². The highest BCUT2D eigenvalue weighted by atomic mass is 32.2. The SMILES string of the molecule is COc1cccc(NC2(C#N)CSCCC2(C)C)c1. The van der Waals surface area contributed by atoms with Crippen LogP contribution in [0.1, 0.15) is 20.3 Å². The van der Waals surface area contributed by atoms with Crippen molar-refractivity contribution in [1.82, 2.24) is 0 Å².